The van der Waals surface area contributed by atoms with Crippen LogP contribution in [-0.4, -0.2) is 17.2 Å². The van der Waals surface area contributed by atoms with Crippen molar-refractivity contribution in [2.45, 2.75) is 71.3 Å². The zero-order chi connectivity index (χ0) is 14.0. The fraction of sp³-hybridized carbons (Fsp3) is 0.750. The molecule has 0 aromatic rings. The van der Waals surface area contributed by atoms with Crippen molar-refractivity contribution in [2.24, 2.45) is 5.92 Å². The number of carbonyl (C=O) groups is 2. The van der Waals surface area contributed by atoms with Crippen LogP contribution in [0.2, 0.25) is 0 Å². The second kappa shape index (κ2) is 5.48. The predicted octanol–water partition coefficient (Wildman–Crippen LogP) is 3.57. The molecule has 1 atom stereocenters. The Hall–Kier alpha value is -1.12. The third-order valence-corrected chi connectivity index (χ3v) is 3.99. The van der Waals surface area contributed by atoms with Gasteiger partial charge in [0.2, 0.25) is 0 Å². The van der Waals surface area contributed by atoms with Gasteiger partial charge in [0.15, 0.2) is 11.6 Å². The minimum absolute atomic E-state index is 0.00301. The van der Waals surface area contributed by atoms with E-state index in [1.807, 2.05) is 13.8 Å². The van der Waals surface area contributed by atoms with Crippen LogP contribution in [0.15, 0.2) is 11.3 Å². The minimum Gasteiger partial charge on any atom is -0.491 e. The first-order valence-corrected chi connectivity index (χ1v) is 7.41. The molecule has 0 aromatic heterocycles. The molecular formula is C16H24O3. The molecule has 0 amide bonds. The lowest BCUT2D eigenvalue weighted by Crippen LogP contribution is -2.38. The van der Waals surface area contributed by atoms with Gasteiger partial charge in [-0.15, -0.1) is 0 Å². The first-order chi connectivity index (χ1) is 8.93. The van der Waals surface area contributed by atoms with Crippen LogP contribution in [0.3, 0.4) is 0 Å². The molecule has 0 aromatic carbocycles. The van der Waals surface area contributed by atoms with E-state index in [0.717, 1.165) is 19.3 Å². The van der Waals surface area contributed by atoms with Gasteiger partial charge in [-0.3, -0.25) is 9.59 Å². The Bertz CT molecular complexity index is 418. The first-order valence-electron chi connectivity index (χ1n) is 7.41. The Labute approximate surface area is 115 Å². The number of unbranched alkanes of at least 4 members (excludes halogenated alkanes) is 2. The molecule has 3 heteroatoms. The van der Waals surface area contributed by atoms with Gasteiger partial charge in [0, 0.05) is 12.8 Å². The molecule has 3 nitrogen and oxygen atoms in total. The fourth-order valence-corrected chi connectivity index (χ4v) is 3.09. The molecule has 0 saturated heterocycles. The van der Waals surface area contributed by atoms with E-state index < -0.39 is 5.60 Å². The number of hydrogen-bond acceptors (Lipinski definition) is 3. The topological polar surface area (TPSA) is 43.4 Å². The summed E-state index contributed by atoms with van der Waals surface area (Å²) in [4.78, 5) is 24.2. The highest BCUT2D eigenvalue weighted by Crippen LogP contribution is 2.38. The van der Waals surface area contributed by atoms with Gasteiger partial charge in [0.1, 0.15) is 11.4 Å². The zero-order valence-electron chi connectivity index (χ0n) is 12.3. The van der Waals surface area contributed by atoms with Crippen molar-refractivity contribution in [3.8, 4) is 0 Å². The molecule has 2 aliphatic rings. The smallest absolute Gasteiger partial charge is 0.173 e. The predicted molar refractivity (Wildman–Crippen MR) is 73.7 cm³/mol. The number of Topliss-reactive ketones (excluding diaryl/α,β-unsaturated/α-hetero) is 2. The molecular weight excluding hydrogens is 240 g/mol. The van der Waals surface area contributed by atoms with E-state index in [9.17, 15) is 9.59 Å². The number of carbonyl (C=O) groups excluding carboxylic acids is 2. The summed E-state index contributed by atoms with van der Waals surface area (Å²) in [5, 5.41) is 0. The van der Waals surface area contributed by atoms with Crippen molar-refractivity contribution in [3.05, 3.63) is 11.3 Å². The monoisotopic (exact) mass is 264 g/mol. The summed E-state index contributed by atoms with van der Waals surface area (Å²) in [6, 6.07) is 0. The average Bonchev–Trinajstić information content (AvgIpc) is 2.26. The lowest BCUT2D eigenvalue weighted by atomic mass is 9.79. The highest BCUT2D eigenvalue weighted by molar-refractivity contribution is 6.21. The molecule has 0 N–H and O–H groups in total. The van der Waals surface area contributed by atoms with Gasteiger partial charge >= 0.3 is 0 Å². The van der Waals surface area contributed by atoms with Crippen molar-refractivity contribution < 1.29 is 14.3 Å². The van der Waals surface area contributed by atoms with E-state index >= 15 is 0 Å². The summed E-state index contributed by atoms with van der Waals surface area (Å²) < 4.78 is 5.89. The second-order valence-electron chi connectivity index (χ2n) is 6.45. The van der Waals surface area contributed by atoms with Gasteiger partial charge in [0.25, 0.3) is 0 Å². The van der Waals surface area contributed by atoms with Gasteiger partial charge in [0.05, 0.1) is 12.0 Å². The third-order valence-electron chi connectivity index (χ3n) is 3.99. The largest absolute Gasteiger partial charge is 0.491 e. The molecule has 0 spiro atoms. The summed E-state index contributed by atoms with van der Waals surface area (Å²) in [7, 11) is 0. The molecule has 0 saturated carbocycles. The van der Waals surface area contributed by atoms with Crippen LogP contribution in [0.25, 0.3) is 0 Å². The SMILES string of the molecule is CCCCCC1CC(=O)C2=C(C1)OC(C)(C)CC2=O. The number of hydrogen-bond donors (Lipinski definition) is 0. The fourth-order valence-electron chi connectivity index (χ4n) is 3.09. The van der Waals surface area contributed by atoms with Gasteiger partial charge < -0.3 is 4.74 Å². The van der Waals surface area contributed by atoms with Gasteiger partial charge in [-0.05, 0) is 26.2 Å². The average molecular weight is 264 g/mol. The number of allylic oxidation sites excluding steroid dienone is 2. The summed E-state index contributed by atoms with van der Waals surface area (Å²) in [5.41, 5.74) is -0.0901. The Kier molecular flexibility index (Phi) is 4.12. The Balaban J connectivity index is 2.10. The number of ketones is 2. The molecule has 0 fully saturated rings. The van der Waals surface area contributed by atoms with Crippen LogP contribution in [0.1, 0.15) is 65.7 Å². The van der Waals surface area contributed by atoms with Crippen LogP contribution < -0.4 is 0 Å². The van der Waals surface area contributed by atoms with Crippen molar-refractivity contribution in [1.29, 1.82) is 0 Å². The highest BCUT2D eigenvalue weighted by Gasteiger charge is 2.40. The molecule has 1 aliphatic carbocycles. The van der Waals surface area contributed by atoms with Crippen LogP contribution in [0.4, 0.5) is 0 Å². The molecule has 2 rings (SSSR count). The summed E-state index contributed by atoms with van der Waals surface area (Å²) in [6.45, 7) is 6.01. The van der Waals surface area contributed by atoms with Crippen LogP contribution in [-0.2, 0) is 14.3 Å². The third kappa shape index (κ3) is 3.26. The number of ether oxygens (including phenoxy) is 1. The van der Waals surface area contributed by atoms with E-state index in [0.29, 0.717) is 30.1 Å². The standard InChI is InChI=1S/C16H24O3/c1-4-5-6-7-11-8-12(17)15-13(18)10-16(2,3)19-14(15)9-11/h11H,4-10H2,1-3H3. The zero-order valence-corrected chi connectivity index (χ0v) is 12.3. The quantitative estimate of drug-likeness (QED) is 0.576. The molecule has 1 heterocycles. The molecule has 1 aliphatic heterocycles. The van der Waals surface area contributed by atoms with Gasteiger partial charge in [-0.25, -0.2) is 0 Å². The molecule has 0 radical (unpaired) electrons. The summed E-state index contributed by atoms with van der Waals surface area (Å²) >= 11 is 0. The highest BCUT2D eigenvalue weighted by atomic mass is 16.5. The van der Waals surface area contributed by atoms with E-state index in [1.54, 1.807) is 0 Å². The van der Waals surface area contributed by atoms with Crippen LogP contribution >= 0.6 is 0 Å². The number of rotatable bonds is 4. The Morgan fingerprint density at radius 1 is 1.16 bits per heavy atom. The van der Waals surface area contributed by atoms with Crippen LogP contribution in [0, 0.1) is 5.92 Å². The molecule has 1 unspecified atom stereocenters. The second-order valence-corrected chi connectivity index (χ2v) is 6.45. The maximum atomic E-state index is 12.1. The molecule has 19 heavy (non-hydrogen) atoms. The van der Waals surface area contributed by atoms with E-state index in [1.165, 1.54) is 12.8 Å². The van der Waals surface area contributed by atoms with Crippen molar-refractivity contribution >= 4 is 11.6 Å². The lowest BCUT2D eigenvalue weighted by Gasteiger charge is -2.37. The van der Waals surface area contributed by atoms with E-state index in [4.69, 9.17) is 4.74 Å². The summed E-state index contributed by atoms with van der Waals surface area (Å²) in [6.07, 6.45) is 6.23. The van der Waals surface area contributed by atoms with Crippen LogP contribution in [0.5, 0.6) is 0 Å². The van der Waals surface area contributed by atoms with Crippen molar-refractivity contribution in [2.75, 3.05) is 0 Å². The maximum Gasteiger partial charge on any atom is 0.173 e. The molecule has 0 bridgehead atoms. The summed E-state index contributed by atoms with van der Waals surface area (Å²) in [5.74, 6) is 1.00. The Morgan fingerprint density at radius 2 is 1.89 bits per heavy atom. The first kappa shape index (κ1) is 14.3. The van der Waals surface area contributed by atoms with Crippen molar-refractivity contribution in [3.63, 3.8) is 0 Å². The maximum absolute atomic E-state index is 12.1. The van der Waals surface area contributed by atoms with E-state index in [-0.39, 0.29) is 11.6 Å². The Morgan fingerprint density at radius 3 is 2.58 bits per heavy atom. The normalized spacial score (nSPS) is 26.2. The van der Waals surface area contributed by atoms with Gasteiger partial charge in [-0.1, -0.05) is 26.2 Å². The van der Waals surface area contributed by atoms with E-state index in [2.05, 4.69) is 6.92 Å². The van der Waals surface area contributed by atoms with Gasteiger partial charge in [-0.2, -0.15) is 0 Å². The minimum atomic E-state index is -0.457. The van der Waals surface area contributed by atoms with Crippen molar-refractivity contribution in [1.82, 2.24) is 0 Å². The lowest BCUT2D eigenvalue weighted by molar-refractivity contribution is -0.129. The molecule has 106 valence electrons.